The van der Waals surface area contributed by atoms with Crippen LogP contribution in [0.5, 0.6) is 0 Å². The van der Waals surface area contributed by atoms with Crippen LogP contribution < -0.4 is 20.9 Å². The molecule has 0 bridgehead atoms. The lowest BCUT2D eigenvalue weighted by atomic mass is 10.1. The molecule has 2 aromatic rings. The summed E-state index contributed by atoms with van der Waals surface area (Å²) in [5.41, 5.74) is -1.51. The lowest BCUT2D eigenvalue weighted by molar-refractivity contribution is -0.137. The zero-order valence-corrected chi connectivity index (χ0v) is 18.9. The van der Waals surface area contributed by atoms with Gasteiger partial charge in [0.2, 0.25) is 5.91 Å². The second-order valence-electron chi connectivity index (χ2n) is 6.97. The molecule has 0 saturated carbocycles. The van der Waals surface area contributed by atoms with E-state index in [0.717, 1.165) is 23.5 Å². The molecule has 178 valence electrons. The van der Waals surface area contributed by atoms with E-state index in [-0.39, 0.29) is 32.0 Å². The number of ether oxygens (including phenoxy) is 1. The minimum absolute atomic E-state index is 0.0562. The fourth-order valence-electron chi connectivity index (χ4n) is 3.10. The van der Waals surface area contributed by atoms with Crippen molar-refractivity contribution in [1.29, 1.82) is 0 Å². The van der Waals surface area contributed by atoms with Gasteiger partial charge in [0.1, 0.15) is 12.6 Å². The predicted octanol–water partition coefficient (Wildman–Crippen LogP) is 2.74. The molecule has 1 aliphatic heterocycles. The van der Waals surface area contributed by atoms with Crippen molar-refractivity contribution in [3.05, 3.63) is 45.1 Å². The molecule has 3 amide bonds. The molecule has 13 heteroatoms. The molecule has 8 nitrogen and oxygen atoms in total. The summed E-state index contributed by atoms with van der Waals surface area (Å²) < 4.78 is 46.5. The molecule has 1 atom stereocenters. The second kappa shape index (κ2) is 10.5. The molecule has 0 aliphatic carbocycles. The van der Waals surface area contributed by atoms with Gasteiger partial charge in [0.05, 0.1) is 27.1 Å². The number of nitrogens with one attached hydrogen (secondary N) is 3. The second-order valence-corrected chi connectivity index (χ2v) is 8.68. The van der Waals surface area contributed by atoms with Crippen LogP contribution in [-0.2, 0) is 20.5 Å². The summed E-state index contributed by atoms with van der Waals surface area (Å²) in [5.74, 6) is -1.69. The van der Waals surface area contributed by atoms with E-state index >= 15 is 0 Å². The van der Waals surface area contributed by atoms with Crippen molar-refractivity contribution in [2.45, 2.75) is 12.2 Å². The fourth-order valence-corrected chi connectivity index (χ4v) is 4.06. The van der Waals surface area contributed by atoms with Crippen molar-refractivity contribution in [2.75, 3.05) is 43.6 Å². The molecule has 3 N–H and O–H groups in total. The molecule has 2 heterocycles. The first-order chi connectivity index (χ1) is 15.6. The van der Waals surface area contributed by atoms with Gasteiger partial charge < -0.3 is 25.6 Å². The summed E-state index contributed by atoms with van der Waals surface area (Å²) >= 11 is 6.85. The zero-order valence-electron chi connectivity index (χ0n) is 17.3. The first-order valence-corrected chi connectivity index (χ1v) is 10.9. The SMILES string of the molecule is CN[C@@H](CNC(=O)c1ccc(Cl)s1)C(=O)Nc1ccc(N2CCOCC2=O)cc1C(F)(F)F. The van der Waals surface area contributed by atoms with Crippen LogP contribution in [0, 0.1) is 0 Å². The Bertz CT molecular complexity index is 1050. The topological polar surface area (TPSA) is 99.8 Å². The van der Waals surface area contributed by atoms with Gasteiger partial charge in [-0.05, 0) is 37.4 Å². The monoisotopic (exact) mass is 504 g/mol. The number of likely N-dealkylation sites (N-methyl/N-ethyl adjacent to an activating group) is 1. The summed E-state index contributed by atoms with van der Waals surface area (Å²) in [6.07, 6.45) is -4.78. The Labute approximate surface area is 196 Å². The Balaban J connectivity index is 1.73. The predicted molar refractivity (Wildman–Crippen MR) is 118 cm³/mol. The third-order valence-electron chi connectivity index (χ3n) is 4.79. The summed E-state index contributed by atoms with van der Waals surface area (Å²) in [7, 11) is 1.44. The van der Waals surface area contributed by atoms with E-state index in [9.17, 15) is 27.6 Å². The highest BCUT2D eigenvalue weighted by molar-refractivity contribution is 7.18. The number of hydrogen-bond donors (Lipinski definition) is 3. The number of amides is 3. The van der Waals surface area contributed by atoms with E-state index in [1.807, 2.05) is 0 Å². The molecular formula is C20H20ClF3N4O4S. The van der Waals surface area contributed by atoms with Crippen molar-refractivity contribution in [2.24, 2.45) is 0 Å². The normalized spacial score (nSPS) is 15.3. The van der Waals surface area contributed by atoms with E-state index in [2.05, 4.69) is 16.0 Å². The molecule has 1 aromatic heterocycles. The number of thiophene rings is 1. The van der Waals surface area contributed by atoms with E-state index in [4.69, 9.17) is 16.3 Å². The minimum atomic E-state index is -4.78. The average Bonchev–Trinajstić information content (AvgIpc) is 3.20. The molecule has 1 aromatic carbocycles. The molecule has 1 aliphatic rings. The molecule has 0 spiro atoms. The Morgan fingerprint density at radius 1 is 1.27 bits per heavy atom. The lowest BCUT2D eigenvalue weighted by Gasteiger charge is -2.28. The summed E-state index contributed by atoms with van der Waals surface area (Å²) in [5, 5.41) is 7.46. The zero-order chi connectivity index (χ0) is 24.2. The van der Waals surface area contributed by atoms with Crippen molar-refractivity contribution in [1.82, 2.24) is 10.6 Å². The van der Waals surface area contributed by atoms with Gasteiger partial charge in [-0.15, -0.1) is 11.3 Å². The third-order valence-corrected chi connectivity index (χ3v) is 6.02. The van der Waals surface area contributed by atoms with Gasteiger partial charge in [0.15, 0.2) is 0 Å². The van der Waals surface area contributed by atoms with Crippen molar-refractivity contribution in [3.63, 3.8) is 0 Å². The first-order valence-electron chi connectivity index (χ1n) is 9.71. The highest BCUT2D eigenvalue weighted by Gasteiger charge is 2.36. The smallest absolute Gasteiger partial charge is 0.370 e. The van der Waals surface area contributed by atoms with Gasteiger partial charge in [-0.2, -0.15) is 13.2 Å². The maximum absolute atomic E-state index is 13.7. The van der Waals surface area contributed by atoms with Crippen LogP contribution in [0.1, 0.15) is 15.2 Å². The number of carbonyl (C=O) groups excluding carboxylic acids is 3. The maximum Gasteiger partial charge on any atom is 0.418 e. The first kappa shape index (κ1) is 25.0. The standard InChI is InChI=1S/C20H20ClF3N4O4S/c1-25-14(9-26-19(31)15-4-5-16(21)33-15)18(30)27-13-3-2-11(8-12(13)20(22,23)24)28-6-7-32-10-17(28)29/h2-5,8,14,25H,6-7,9-10H2,1H3,(H,26,31)(H,27,30)/t14-/m0/s1. The lowest BCUT2D eigenvalue weighted by Crippen LogP contribution is -2.47. The van der Waals surface area contributed by atoms with E-state index in [0.29, 0.717) is 9.21 Å². The van der Waals surface area contributed by atoms with Crippen LogP contribution in [-0.4, -0.2) is 57.1 Å². The number of nitrogens with zero attached hydrogens (tertiary/aromatic N) is 1. The van der Waals surface area contributed by atoms with E-state index in [1.165, 1.54) is 24.1 Å². The van der Waals surface area contributed by atoms with Crippen LogP contribution in [0.4, 0.5) is 24.5 Å². The van der Waals surface area contributed by atoms with Gasteiger partial charge in [-0.1, -0.05) is 11.6 Å². The largest absolute Gasteiger partial charge is 0.418 e. The summed E-state index contributed by atoms with van der Waals surface area (Å²) in [6.45, 7) is -0.0525. The van der Waals surface area contributed by atoms with E-state index < -0.39 is 41.2 Å². The molecular weight excluding hydrogens is 485 g/mol. The number of alkyl halides is 3. The molecule has 0 radical (unpaired) electrons. The number of carbonyl (C=O) groups is 3. The van der Waals surface area contributed by atoms with Crippen molar-refractivity contribution in [3.8, 4) is 0 Å². The van der Waals surface area contributed by atoms with Gasteiger partial charge in [0, 0.05) is 18.8 Å². The molecule has 1 fully saturated rings. The molecule has 3 rings (SSSR count). The van der Waals surface area contributed by atoms with Gasteiger partial charge in [-0.3, -0.25) is 14.4 Å². The van der Waals surface area contributed by atoms with Crippen molar-refractivity contribution >= 4 is 52.0 Å². The average molecular weight is 505 g/mol. The van der Waals surface area contributed by atoms with Gasteiger partial charge in [-0.25, -0.2) is 0 Å². The number of halogens is 4. The Hall–Kier alpha value is -2.67. The number of morpholine rings is 1. The molecule has 0 unspecified atom stereocenters. The Morgan fingerprint density at radius 3 is 2.64 bits per heavy atom. The minimum Gasteiger partial charge on any atom is -0.370 e. The summed E-state index contributed by atoms with van der Waals surface area (Å²) in [4.78, 5) is 38.3. The van der Waals surface area contributed by atoms with Gasteiger partial charge >= 0.3 is 6.18 Å². The maximum atomic E-state index is 13.7. The highest BCUT2D eigenvalue weighted by atomic mass is 35.5. The van der Waals surface area contributed by atoms with Crippen LogP contribution >= 0.6 is 22.9 Å². The fraction of sp³-hybridized carbons (Fsp3) is 0.350. The number of benzene rings is 1. The van der Waals surface area contributed by atoms with E-state index in [1.54, 1.807) is 6.07 Å². The van der Waals surface area contributed by atoms with Crippen LogP contribution in [0.15, 0.2) is 30.3 Å². The summed E-state index contributed by atoms with van der Waals surface area (Å²) in [6, 6.07) is 5.30. The van der Waals surface area contributed by atoms with Crippen LogP contribution in [0.3, 0.4) is 0 Å². The Morgan fingerprint density at radius 2 is 2.03 bits per heavy atom. The molecule has 33 heavy (non-hydrogen) atoms. The van der Waals surface area contributed by atoms with Crippen molar-refractivity contribution < 1.29 is 32.3 Å². The van der Waals surface area contributed by atoms with Gasteiger partial charge in [0.25, 0.3) is 11.8 Å². The van der Waals surface area contributed by atoms with Crippen LogP contribution in [0.2, 0.25) is 4.34 Å². The van der Waals surface area contributed by atoms with Crippen LogP contribution in [0.25, 0.3) is 0 Å². The molecule has 1 saturated heterocycles. The highest BCUT2D eigenvalue weighted by Crippen LogP contribution is 2.37. The third kappa shape index (κ3) is 6.22. The number of hydrogen-bond acceptors (Lipinski definition) is 6. The quantitative estimate of drug-likeness (QED) is 0.538. The number of rotatable bonds is 7. The number of anilines is 2. The Kier molecular flexibility index (Phi) is 7.95.